The molecule has 0 radical (unpaired) electrons. The van der Waals surface area contributed by atoms with Gasteiger partial charge in [-0.15, -0.1) is 0 Å². The lowest BCUT2D eigenvalue weighted by molar-refractivity contribution is 0.0696. The van der Waals surface area contributed by atoms with E-state index in [-0.39, 0.29) is 5.56 Å². The second kappa shape index (κ2) is 33.9. The number of nitrogens with zero attached hydrogens (tertiary/aromatic N) is 8. The van der Waals surface area contributed by atoms with Crippen molar-refractivity contribution in [3.05, 3.63) is 234 Å². The van der Waals surface area contributed by atoms with E-state index in [1.54, 1.807) is 18.2 Å². The molecule has 0 spiro atoms. The third-order valence-electron chi connectivity index (χ3n) is 15.9. The summed E-state index contributed by atoms with van der Waals surface area (Å²) >= 11 is 0. The molecule has 8 rings (SSSR count). The number of benzene rings is 7. The van der Waals surface area contributed by atoms with Crippen molar-refractivity contribution in [2.75, 3.05) is 37.8 Å². The topological polar surface area (TPSA) is 178 Å². The van der Waals surface area contributed by atoms with Gasteiger partial charge in [0.05, 0.1) is 36.8 Å². The maximum absolute atomic E-state index is 11.7. The number of hydrogen-bond acceptors (Lipinski definition) is 8. The Morgan fingerprint density at radius 3 is 1.38 bits per heavy atom. The minimum absolute atomic E-state index is 0.257. The number of fused-ring (bicyclic) bond motifs is 1. The molecule has 0 unspecified atom stereocenters. The number of aryl methyl sites for hydroxylation is 2. The number of carboxylic acid groups (broad SMARTS) is 1. The van der Waals surface area contributed by atoms with Crippen LogP contribution >= 0.6 is 0 Å². The SMILES string of the molecule is CC(C)CCOc1cc(C=Cc2ccc(C=Cc3ccc(C=CC4=Nc5ccc(C(=O)O)cc5C4(C)C)cc3OCC(C)C)cc2OCC(C)C)ccc1C=Cc1ccc(N(c2ccc(CCCCCN=[N+]=[N-])cc2)c2ccc(CCCCCN=[N+]=[N-])cc2)cc1. The van der Waals surface area contributed by atoms with Gasteiger partial charge in [0.15, 0.2) is 0 Å². The number of aliphatic imine (C=N–C) groups is 1. The largest absolute Gasteiger partial charge is 0.493 e. The molecule has 1 heterocycles. The van der Waals surface area contributed by atoms with E-state index in [0.717, 1.165) is 148 Å². The first-order valence-electron chi connectivity index (χ1n) is 32.2. The molecule has 0 atom stereocenters. The zero-order valence-corrected chi connectivity index (χ0v) is 54.3. The Morgan fingerprint density at radius 2 is 0.945 bits per heavy atom. The molecule has 7 aromatic rings. The van der Waals surface area contributed by atoms with Crippen molar-refractivity contribution in [1.82, 2.24) is 0 Å². The summed E-state index contributed by atoms with van der Waals surface area (Å²) < 4.78 is 19.5. The van der Waals surface area contributed by atoms with Crippen LogP contribution in [0.2, 0.25) is 0 Å². The molecule has 1 aliphatic heterocycles. The van der Waals surface area contributed by atoms with Crippen LogP contribution in [-0.2, 0) is 18.3 Å². The molecule has 1 N–H and O–H groups in total. The zero-order chi connectivity index (χ0) is 64.5. The van der Waals surface area contributed by atoms with Crippen molar-refractivity contribution in [2.45, 2.75) is 119 Å². The molecule has 0 saturated carbocycles. The van der Waals surface area contributed by atoms with Crippen LogP contribution in [0.5, 0.6) is 17.2 Å². The summed E-state index contributed by atoms with van der Waals surface area (Å²) in [5, 5.41) is 17.0. The average Bonchev–Trinajstić information content (AvgIpc) is 1.65. The fourth-order valence-electron chi connectivity index (χ4n) is 10.6. The van der Waals surface area contributed by atoms with Crippen molar-refractivity contribution in [3.8, 4) is 17.2 Å². The number of unbranched alkanes of at least 4 members (excludes halogenated alkanes) is 4. The number of carbonyl (C=O) groups is 1. The van der Waals surface area contributed by atoms with Gasteiger partial charge in [-0.05, 0) is 192 Å². The molecular weight excluding hydrogens is 1130 g/mol. The number of allylic oxidation sites excluding steroid dienone is 1. The number of ether oxygens (including phenoxy) is 3. The Kier molecular flexibility index (Phi) is 25.1. The van der Waals surface area contributed by atoms with Gasteiger partial charge in [0.1, 0.15) is 17.2 Å². The van der Waals surface area contributed by atoms with Gasteiger partial charge in [0, 0.05) is 62.1 Å². The predicted octanol–water partition coefficient (Wildman–Crippen LogP) is 22.0. The maximum Gasteiger partial charge on any atom is 0.335 e. The van der Waals surface area contributed by atoms with Crippen LogP contribution in [0.1, 0.15) is 166 Å². The van der Waals surface area contributed by atoms with E-state index in [9.17, 15) is 9.90 Å². The summed E-state index contributed by atoms with van der Waals surface area (Å²) in [6, 6.07) is 50.4. The van der Waals surface area contributed by atoms with E-state index in [2.05, 4.69) is 244 Å². The summed E-state index contributed by atoms with van der Waals surface area (Å²) in [5.41, 5.74) is 32.3. The second-order valence-corrected chi connectivity index (χ2v) is 25.1. The highest BCUT2D eigenvalue weighted by molar-refractivity contribution is 6.10. The van der Waals surface area contributed by atoms with Crippen LogP contribution in [0.15, 0.2) is 167 Å². The van der Waals surface area contributed by atoms with Crippen LogP contribution in [-0.4, -0.2) is 49.7 Å². The standard InChI is InChI=1S/C78H88N8O5/c1-55(2)45-48-89-73-49-61(18-31-64(73)30-17-60-27-41-70(42-28-60)86(68-37-23-58(24-38-68)15-11-9-13-46-81-84-79)69-39-25-59(26-40-69)16-12-10-14-47-82-85-80)19-32-65-33-20-62(50-74(65)90-53-56(3)4)21-34-66-35-22-63(51-75(66)91-54-57(5)6)29-44-76-78(7,8)71-52-67(77(87)88)36-43-72(71)83-76/h17-44,49-52,55-57H,9-16,45-48,53-54H2,1-8H3,(H,87,88). The van der Waals surface area contributed by atoms with E-state index in [4.69, 9.17) is 30.3 Å². The highest BCUT2D eigenvalue weighted by atomic mass is 16.5. The molecule has 0 saturated heterocycles. The van der Waals surface area contributed by atoms with Gasteiger partial charge in [-0.3, -0.25) is 4.99 Å². The minimum Gasteiger partial charge on any atom is -0.493 e. The number of anilines is 3. The van der Waals surface area contributed by atoms with Crippen LogP contribution < -0.4 is 19.1 Å². The Labute approximate surface area is 538 Å². The van der Waals surface area contributed by atoms with Gasteiger partial charge in [-0.2, -0.15) is 0 Å². The Hall–Kier alpha value is -9.54. The molecule has 0 amide bonds. The molecule has 7 aromatic carbocycles. The van der Waals surface area contributed by atoms with Crippen LogP contribution in [0.4, 0.5) is 22.7 Å². The highest BCUT2D eigenvalue weighted by Crippen LogP contribution is 2.42. The van der Waals surface area contributed by atoms with Crippen molar-refractivity contribution >= 4 is 77.0 Å². The average molecular weight is 1220 g/mol. The van der Waals surface area contributed by atoms with Crippen molar-refractivity contribution in [3.63, 3.8) is 0 Å². The molecule has 1 aliphatic rings. The Balaban J connectivity index is 0.992. The number of carboxylic acids is 1. The third kappa shape index (κ3) is 20.2. The molecule has 13 heteroatoms. The lowest BCUT2D eigenvalue weighted by atomic mass is 9.80. The van der Waals surface area contributed by atoms with E-state index in [0.29, 0.717) is 50.7 Å². The van der Waals surface area contributed by atoms with E-state index >= 15 is 0 Å². The normalized spacial score (nSPS) is 12.7. The third-order valence-corrected chi connectivity index (χ3v) is 15.9. The molecule has 0 bridgehead atoms. The molecule has 0 fully saturated rings. The van der Waals surface area contributed by atoms with Gasteiger partial charge < -0.3 is 24.2 Å². The Bertz CT molecular complexity index is 3740. The number of azide groups is 2. The van der Waals surface area contributed by atoms with Gasteiger partial charge in [0.25, 0.3) is 0 Å². The van der Waals surface area contributed by atoms with Crippen LogP contribution in [0, 0.1) is 17.8 Å². The van der Waals surface area contributed by atoms with Gasteiger partial charge in [-0.1, -0.05) is 194 Å². The van der Waals surface area contributed by atoms with Gasteiger partial charge in [-0.25, -0.2) is 4.79 Å². The highest BCUT2D eigenvalue weighted by Gasteiger charge is 2.34. The summed E-state index contributed by atoms with van der Waals surface area (Å²) in [4.78, 5) is 24.7. The van der Waals surface area contributed by atoms with Crippen molar-refractivity contribution in [1.29, 1.82) is 0 Å². The molecule has 470 valence electrons. The number of rotatable bonds is 34. The fourth-order valence-corrected chi connectivity index (χ4v) is 10.6. The molecule has 0 aromatic heterocycles. The van der Waals surface area contributed by atoms with Gasteiger partial charge >= 0.3 is 5.97 Å². The van der Waals surface area contributed by atoms with Crippen molar-refractivity contribution < 1.29 is 24.1 Å². The minimum atomic E-state index is -0.950. The summed E-state index contributed by atoms with van der Waals surface area (Å²) in [6.07, 6.45) is 25.5. The number of aromatic carboxylic acids is 1. The molecule has 13 nitrogen and oxygen atoms in total. The first kappa shape index (κ1) is 67.4. The number of hydrogen-bond donors (Lipinski definition) is 1. The molecular formula is C78H88N8O5. The first-order valence-corrected chi connectivity index (χ1v) is 32.2. The Morgan fingerprint density at radius 1 is 0.516 bits per heavy atom. The smallest absolute Gasteiger partial charge is 0.335 e. The van der Waals surface area contributed by atoms with Gasteiger partial charge in [0.2, 0.25) is 0 Å². The monoisotopic (exact) mass is 1220 g/mol. The van der Waals surface area contributed by atoms with Crippen LogP contribution in [0.25, 0.3) is 63.4 Å². The molecule has 0 aliphatic carbocycles. The summed E-state index contributed by atoms with van der Waals surface area (Å²) in [5.74, 6) is 2.61. The quantitative estimate of drug-likeness (QED) is 0.0138. The predicted molar refractivity (Wildman–Crippen MR) is 379 cm³/mol. The first-order chi connectivity index (χ1) is 44.1. The van der Waals surface area contributed by atoms with E-state index in [1.165, 1.54) is 11.1 Å². The maximum atomic E-state index is 11.7. The second-order valence-electron chi connectivity index (χ2n) is 25.1. The fraction of sp³-hybridized carbons (Fsp3) is 0.333. The van der Waals surface area contributed by atoms with E-state index in [1.807, 2.05) is 12.2 Å². The lowest BCUT2D eigenvalue weighted by Gasteiger charge is -2.26. The zero-order valence-electron chi connectivity index (χ0n) is 54.3. The van der Waals surface area contributed by atoms with Crippen molar-refractivity contribution in [2.24, 2.45) is 33.0 Å². The lowest BCUT2D eigenvalue weighted by Crippen LogP contribution is -2.24. The van der Waals surface area contributed by atoms with E-state index < -0.39 is 11.4 Å². The summed E-state index contributed by atoms with van der Waals surface area (Å²) in [7, 11) is 0. The molecule has 91 heavy (non-hydrogen) atoms. The summed E-state index contributed by atoms with van der Waals surface area (Å²) in [6.45, 7) is 20.0. The van der Waals surface area contributed by atoms with Crippen LogP contribution in [0.3, 0.4) is 0 Å².